The minimum Gasteiger partial charge on any atom is -0.314 e. The van der Waals surface area contributed by atoms with E-state index in [1.54, 1.807) is 17.8 Å². The highest BCUT2D eigenvalue weighted by molar-refractivity contribution is 6.30. The van der Waals surface area contributed by atoms with E-state index in [9.17, 15) is 4.39 Å². The summed E-state index contributed by atoms with van der Waals surface area (Å²) < 4.78 is 15.4. The van der Waals surface area contributed by atoms with Gasteiger partial charge in [-0.05, 0) is 31.3 Å². The van der Waals surface area contributed by atoms with E-state index >= 15 is 0 Å². The van der Waals surface area contributed by atoms with Crippen LogP contribution in [0.25, 0.3) is 11.3 Å². The molecule has 0 amide bonds. The van der Waals surface area contributed by atoms with Crippen LogP contribution in [-0.2, 0) is 13.6 Å². The molecule has 0 bridgehead atoms. The fourth-order valence-electron chi connectivity index (χ4n) is 1.74. The van der Waals surface area contributed by atoms with Gasteiger partial charge in [0.1, 0.15) is 5.82 Å². The van der Waals surface area contributed by atoms with Crippen molar-refractivity contribution in [3.8, 4) is 11.3 Å². The fourth-order valence-corrected chi connectivity index (χ4v) is 1.91. The van der Waals surface area contributed by atoms with Crippen LogP contribution in [-0.4, -0.2) is 16.8 Å². The number of benzene rings is 1. The van der Waals surface area contributed by atoms with Gasteiger partial charge in [-0.25, -0.2) is 4.39 Å². The van der Waals surface area contributed by atoms with E-state index in [2.05, 4.69) is 10.4 Å². The third-order valence-electron chi connectivity index (χ3n) is 2.49. The molecule has 1 aromatic heterocycles. The van der Waals surface area contributed by atoms with E-state index < -0.39 is 0 Å². The van der Waals surface area contributed by atoms with Gasteiger partial charge in [-0.1, -0.05) is 11.6 Å². The maximum absolute atomic E-state index is 13.7. The lowest BCUT2D eigenvalue weighted by Crippen LogP contribution is -2.05. The summed E-state index contributed by atoms with van der Waals surface area (Å²) in [6.45, 7) is 0.649. The SMILES string of the molecule is CNCc1cc(-c2cc(Cl)ccc2F)n(C)n1. The van der Waals surface area contributed by atoms with E-state index in [0.717, 1.165) is 11.4 Å². The molecule has 1 N–H and O–H groups in total. The predicted octanol–water partition coefficient (Wildman–Crippen LogP) is 2.60. The van der Waals surface area contributed by atoms with Crippen molar-refractivity contribution in [1.29, 1.82) is 0 Å². The molecule has 0 fully saturated rings. The van der Waals surface area contributed by atoms with E-state index in [1.807, 2.05) is 13.1 Å². The lowest BCUT2D eigenvalue weighted by atomic mass is 10.1. The molecular formula is C12H13ClFN3. The minimum atomic E-state index is -0.298. The van der Waals surface area contributed by atoms with Gasteiger partial charge in [-0.15, -0.1) is 0 Å². The number of aromatic nitrogens is 2. The molecule has 0 saturated heterocycles. The lowest BCUT2D eigenvalue weighted by molar-refractivity contribution is 0.627. The zero-order chi connectivity index (χ0) is 12.4. The zero-order valence-corrected chi connectivity index (χ0v) is 10.4. The number of hydrogen-bond acceptors (Lipinski definition) is 2. The first-order chi connectivity index (χ1) is 8.11. The van der Waals surface area contributed by atoms with E-state index in [1.165, 1.54) is 12.1 Å². The quantitative estimate of drug-likeness (QED) is 0.911. The molecule has 0 aliphatic carbocycles. The Hall–Kier alpha value is -1.39. The van der Waals surface area contributed by atoms with Crippen LogP contribution in [0.5, 0.6) is 0 Å². The van der Waals surface area contributed by atoms with Crippen molar-refractivity contribution in [3.05, 3.63) is 40.8 Å². The van der Waals surface area contributed by atoms with Crippen LogP contribution < -0.4 is 5.32 Å². The summed E-state index contributed by atoms with van der Waals surface area (Å²) in [6, 6.07) is 6.36. The summed E-state index contributed by atoms with van der Waals surface area (Å²) >= 11 is 5.88. The maximum Gasteiger partial charge on any atom is 0.132 e. The van der Waals surface area contributed by atoms with Crippen LogP contribution in [0, 0.1) is 5.82 Å². The molecule has 0 unspecified atom stereocenters. The monoisotopic (exact) mass is 253 g/mol. The molecule has 3 nitrogen and oxygen atoms in total. The minimum absolute atomic E-state index is 0.298. The van der Waals surface area contributed by atoms with Crippen molar-refractivity contribution in [1.82, 2.24) is 15.1 Å². The smallest absolute Gasteiger partial charge is 0.132 e. The van der Waals surface area contributed by atoms with Gasteiger partial charge in [0, 0.05) is 24.2 Å². The average Bonchev–Trinajstić information content (AvgIpc) is 2.64. The largest absolute Gasteiger partial charge is 0.314 e. The number of halogens is 2. The van der Waals surface area contributed by atoms with Crippen LogP contribution in [0.15, 0.2) is 24.3 Å². The summed E-state index contributed by atoms with van der Waals surface area (Å²) in [5, 5.41) is 7.81. The van der Waals surface area contributed by atoms with E-state index in [4.69, 9.17) is 11.6 Å². The molecule has 90 valence electrons. The average molecular weight is 254 g/mol. The van der Waals surface area contributed by atoms with E-state index in [-0.39, 0.29) is 5.82 Å². The Balaban J connectivity index is 2.48. The number of nitrogens with one attached hydrogen (secondary N) is 1. The number of nitrogens with zero attached hydrogens (tertiary/aromatic N) is 2. The molecule has 1 heterocycles. The second-order valence-corrected chi connectivity index (χ2v) is 4.24. The zero-order valence-electron chi connectivity index (χ0n) is 9.67. The first kappa shape index (κ1) is 12.1. The van der Waals surface area contributed by atoms with Crippen LogP contribution in [0.2, 0.25) is 5.02 Å². The van der Waals surface area contributed by atoms with Gasteiger partial charge < -0.3 is 5.32 Å². The number of rotatable bonds is 3. The molecule has 0 spiro atoms. The van der Waals surface area contributed by atoms with Crippen LogP contribution in [0.4, 0.5) is 4.39 Å². The molecule has 0 saturated carbocycles. The number of aryl methyl sites for hydroxylation is 1. The number of hydrogen-bond donors (Lipinski definition) is 1. The van der Waals surface area contributed by atoms with Crippen molar-refractivity contribution in [2.75, 3.05) is 7.05 Å². The molecular weight excluding hydrogens is 241 g/mol. The summed E-state index contributed by atoms with van der Waals surface area (Å²) in [4.78, 5) is 0. The van der Waals surface area contributed by atoms with Crippen LogP contribution >= 0.6 is 11.6 Å². The maximum atomic E-state index is 13.7. The van der Waals surface area contributed by atoms with Crippen molar-refractivity contribution in [2.24, 2.45) is 7.05 Å². The standard InChI is InChI=1S/C12H13ClFN3/c1-15-7-9-6-12(17(2)16-9)10-5-8(13)3-4-11(10)14/h3-6,15H,7H2,1-2H3. The topological polar surface area (TPSA) is 29.9 Å². The Bertz CT molecular complexity index is 537. The summed E-state index contributed by atoms with van der Waals surface area (Å²) in [6.07, 6.45) is 0. The van der Waals surface area contributed by atoms with Crippen molar-refractivity contribution >= 4 is 11.6 Å². The predicted molar refractivity (Wildman–Crippen MR) is 66.4 cm³/mol. The molecule has 17 heavy (non-hydrogen) atoms. The van der Waals surface area contributed by atoms with Gasteiger partial charge >= 0.3 is 0 Å². The van der Waals surface area contributed by atoms with Gasteiger partial charge in [-0.3, -0.25) is 4.68 Å². The molecule has 5 heteroatoms. The Morgan fingerprint density at radius 1 is 1.41 bits per heavy atom. The Labute approximate surface area is 104 Å². The van der Waals surface area contributed by atoms with Crippen LogP contribution in [0.1, 0.15) is 5.69 Å². The fraction of sp³-hybridized carbons (Fsp3) is 0.250. The Morgan fingerprint density at radius 2 is 2.18 bits per heavy atom. The first-order valence-electron chi connectivity index (χ1n) is 5.24. The molecule has 1 aromatic carbocycles. The third-order valence-corrected chi connectivity index (χ3v) is 2.73. The molecule has 0 aliphatic heterocycles. The van der Waals surface area contributed by atoms with Gasteiger partial charge in [0.2, 0.25) is 0 Å². The summed E-state index contributed by atoms with van der Waals surface area (Å²) in [5.41, 5.74) is 2.05. The summed E-state index contributed by atoms with van der Waals surface area (Å²) in [7, 11) is 3.63. The highest BCUT2D eigenvalue weighted by Gasteiger charge is 2.11. The molecule has 2 aromatic rings. The van der Waals surface area contributed by atoms with Crippen molar-refractivity contribution in [2.45, 2.75) is 6.54 Å². The second kappa shape index (κ2) is 4.85. The second-order valence-electron chi connectivity index (χ2n) is 3.80. The summed E-state index contributed by atoms with van der Waals surface area (Å²) in [5.74, 6) is -0.298. The molecule has 2 rings (SSSR count). The normalized spacial score (nSPS) is 10.8. The lowest BCUT2D eigenvalue weighted by Gasteiger charge is -2.03. The first-order valence-corrected chi connectivity index (χ1v) is 5.62. The highest BCUT2D eigenvalue weighted by atomic mass is 35.5. The Morgan fingerprint density at radius 3 is 2.88 bits per heavy atom. The van der Waals surface area contributed by atoms with Crippen molar-refractivity contribution in [3.63, 3.8) is 0 Å². The Kier molecular flexibility index (Phi) is 3.45. The van der Waals surface area contributed by atoms with Gasteiger partial charge in [0.05, 0.1) is 11.4 Å². The molecule has 0 radical (unpaired) electrons. The van der Waals surface area contributed by atoms with Crippen molar-refractivity contribution < 1.29 is 4.39 Å². The highest BCUT2D eigenvalue weighted by Crippen LogP contribution is 2.26. The van der Waals surface area contributed by atoms with Crippen LogP contribution in [0.3, 0.4) is 0 Å². The molecule has 0 atom stereocenters. The third kappa shape index (κ3) is 2.48. The van der Waals surface area contributed by atoms with Gasteiger partial charge in [0.25, 0.3) is 0 Å². The molecule has 0 aliphatic rings. The van der Waals surface area contributed by atoms with Gasteiger partial charge in [-0.2, -0.15) is 5.10 Å². The van der Waals surface area contributed by atoms with Gasteiger partial charge in [0.15, 0.2) is 0 Å². The van der Waals surface area contributed by atoms with E-state index in [0.29, 0.717) is 17.1 Å².